The molecule has 30 heavy (non-hydrogen) atoms. The zero-order valence-electron chi connectivity index (χ0n) is 18.2. The zero-order valence-corrected chi connectivity index (χ0v) is 18.2. The summed E-state index contributed by atoms with van der Waals surface area (Å²) >= 11 is 0. The van der Waals surface area contributed by atoms with E-state index in [2.05, 4.69) is 10.5 Å². The number of benzene rings is 1. The van der Waals surface area contributed by atoms with Gasteiger partial charge in [-0.25, -0.2) is 4.79 Å². The molecule has 0 fully saturated rings. The minimum absolute atomic E-state index is 0.0540. The Balaban J connectivity index is 2.57. The minimum Gasteiger partial charge on any atom is -0.466 e. The summed E-state index contributed by atoms with van der Waals surface area (Å²) < 4.78 is 5.00. The van der Waals surface area contributed by atoms with Crippen LogP contribution in [-0.2, 0) is 14.4 Å². The van der Waals surface area contributed by atoms with E-state index in [1.54, 1.807) is 19.1 Å². The number of nitrogens with zero attached hydrogens (tertiary/aromatic N) is 3. The number of esters is 1. The van der Waals surface area contributed by atoms with Crippen LogP contribution in [0, 0.1) is 10.1 Å². The van der Waals surface area contributed by atoms with E-state index >= 15 is 0 Å². The van der Waals surface area contributed by atoms with Crippen molar-refractivity contribution in [2.75, 3.05) is 34.4 Å². The maximum atomic E-state index is 12.6. The molecule has 1 aromatic rings. The molecular formula is C21H28N4O5. The van der Waals surface area contributed by atoms with Crippen LogP contribution in [0.15, 0.2) is 51.8 Å². The first-order chi connectivity index (χ1) is 14.2. The van der Waals surface area contributed by atoms with Crippen LogP contribution in [0.1, 0.15) is 32.3 Å². The van der Waals surface area contributed by atoms with Crippen LogP contribution in [-0.4, -0.2) is 55.9 Å². The van der Waals surface area contributed by atoms with E-state index in [0.29, 0.717) is 40.4 Å². The Labute approximate surface area is 176 Å². The molecule has 0 bridgehead atoms. The number of aliphatic imine (C=N–C) groups is 1. The minimum atomic E-state index is -0.584. The smallest absolute Gasteiger partial charge is 0.336 e. The van der Waals surface area contributed by atoms with Gasteiger partial charge in [0.2, 0.25) is 0 Å². The maximum absolute atomic E-state index is 12.6. The lowest BCUT2D eigenvalue weighted by atomic mass is 9.79. The normalized spacial score (nSPS) is 18.2. The van der Waals surface area contributed by atoms with Crippen molar-refractivity contribution in [2.45, 2.75) is 26.7 Å². The van der Waals surface area contributed by atoms with Gasteiger partial charge in [-0.1, -0.05) is 12.1 Å². The molecule has 1 N–H and O–H groups in total. The van der Waals surface area contributed by atoms with Crippen LogP contribution >= 0.6 is 0 Å². The number of nitrogens with one attached hydrogen (secondary N) is 1. The van der Waals surface area contributed by atoms with Crippen LogP contribution < -0.4 is 5.48 Å². The SMILES string of the molecule is COC(=O)C1=C(C)N=C(C)/C(=C(/C)NOCCN(C)C)C1c1cccc([N+](=O)[O-])c1. The second-order valence-corrected chi connectivity index (χ2v) is 7.27. The molecule has 9 heteroatoms. The van der Waals surface area contributed by atoms with Crippen LogP contribution in [0.3, 0.4) is 0 Å². The number of nitro benzene ring substituents is 1. The molecule has 0 aliphatic carbocycles. The first-order valence-corrected chi connectivity index (χ1v) is 9.49. The highest BCUT2D eigenvalue weighted by molar-refractivity contribution is 6.06. The largest absolute Gasteiger partial charge is 0.466 e. The predicted molar refractivity (Wildman–Crippen MR) is 114 cm³/mol. The van der Waals surface area contributed by atoms with Crippen molar-refractivity contribution >= 4 is 17.4 Å². The Kier molecular flexibility index (Phi) is 7.85. The first kappa shape index (κ1) is 23.2. The average molecular weight is 416 g/mol. The maximum Gasteiger partial charge on any atom is 0.336 e. The van der Waals surface area contributed by atoms with E-state index in [9.17, 15) is 14.9 Å². The molecule has 1 aliphatic rings. The number of methoxy groups -OCH3 is 1. The Bertz CT molecular complexity index is 918. The standard InChI is InChI=1S/C21H28N4O5/c1-13-18(15(3)23-30-11-10-24(4)5)20(19(14(2)22-13)21(26)29-6)16-8-7-9-17(12-16)25(27)28/h7-9,12,20,23H,10-11H2,1-6H3/b18-15+. The van der Waals surface area contributed by atoms with Crippen molar-refractivity contribution in [3.63, 3.8) is 0 Å². The third-order valence-corrected chi connectivity index (χ3v) is 4.78. The Morgan fingerprint density at radius 1 is 1.33 bits per heavy atom. The monoisotopic (exact) mass is 416 g/mol. The average Bonchev–Trinajstić information content (AvgIpc) is 2.69. The Morgan fingerprint density at radius 3 is 2.63 bits per heavy atom. The topological polar surface area (TPSA) is 106 Å². The molecule has 2 rings (SSSR count). The molecule has 1 aliphatic heterocycles. The van der Waals surface area contributed by atoms with Gasteiger partial charge in [-0.2, -0.15) is 0 Å². The van der Waals surface area contributed by atoms with E-state index < -0.39 is 16.8 Å². The van der Waals surface area contributed by atoms with Gasteiger partial charge < -0.3 is 9.64 Å². The molecule has 9 nitrogen and oxygen atoms in total. The third kappa shape index (κ3) is 5.31. The molecule has 0 saturated heterocycles. The Hall–Kier alpha value is -3.04. The van der Waals surface area contributed by atoms with Gasteiger partial charge in [0, 0.05) is 47.3 Å². The van der Waals surface area contributed by atoms with Gasteiger partial charge in [-0.15, -0.1) is 0 Å². The lowest BCUT2D eigenvalue weighted by molar-refractivity contribution is -0.384. The fraction of sp³-hybridized carbons (Fsp3) is 0.429. The zero-order chi connectivity index (χ0) is 22.4. The molecule has 1 atom stereocenters. The summed E-state index contributed by atoms with van der Waals surface area (Å²) in [6.45, 7) is 6.57. The van der Waals surface area contributed by atoms with E-state index in [4.69, 9.17) is 9.57 Å². The summed E-state index contributed by atoms with van der Waals surface area (Å²) in [5, 5.41) is 11.3. The number of allylic oxidation sites excluding steroid dienone is 3. The van der Waals surface area contributed by atoms with Crippen LogP contribution in [0.5, 0.6) is 0 Å². The second-order valence-electron chi connectivity index (χ2n) is 7.27. The number of likely N-dealkylation sites (N-methyl/N-ethyl adjacent to an activating group) is 1. The number of rotatable bonds is 8. The molecule has 0 amide bonds. The highest BCUT2D eigenvalue weighted by Gasteiger charge is 2.35. The lowest BCUT2D eigenvalue weighted by Gasteiger charge is -2.29. The molecule has 0 spiro atoms. The van der Waals surface area contributed by atoms with Crippen LogP contribution in [0.2, 0.25) is 0 Å². The van der Waals surface area contributed by atoms with Crippen molar-refractivity contribution in [3.8, 4) is 0 Å². The summed E-state index contributed by atoms with van der Waals surface area (Å²) in [5.41, 5.74) is 6.41. The molecule has 0 radical (unpaired) electrons. The number of ether oxygens (including phenoxy) is 1. The predicted octanol–water partition coefficient (Wildman–Crippen LogP) is 2.96. The van der Waals surface area contributed by atoms with Gasteiger partial charge in [0.1, 0.15) is 0 Å². The van der Waals surface area contributed by atoms with Crippen molar-refractivity contribution < 1.29 is 19.3 Å². The molecule has 0 aromatic heterocycles. The number of carbonyl (C=O) groups is 1. The van der Waals surface area contributed by atoms with E-state index in [0.717, 1.165) is 6.54 Å². The summed E-state index contributed by atoms with van der Waals surface area (Å²) in [4.78, 5) is 35.6. The van der Waals surface area contributed by atoms with Gasteiger partial charge >= 0.3 is 5.97 Å². The van der Waals surface area contributed by atoms with Crippen molar-refractivity contribution in [3.05, 3.63) is 62.5 Å². The van der Waals surface area contributed by atoms with Crippen molar-refractivity contribution in [1.82, 2.24) is 10.4 Å². The number of carbonyl (C=O) groups excluding carboxylic acids is 1. The van der Waals surface area contributed by atoms with Crippen molar-refractivity contribution in [1.29, 1.82) is 0 Å². The highest BCUT2D eigenvalue weighted by Crippen LogP contribution is 2.40. The number of hydroxylamine groups is 1. The van der Waals surface area contributed by atoms with Crippen molar-refractivity contribution in [2.24, 2.45) is 4.99 Å². The summed E-state index contributed by atoms with van der Waals surface area (Å²) in [7, 11) is 5.19. The molecule has 1 heterocycles. The van der Waals surface area contributed by atoms with Gasteiger partial charge in [-0.05, 0) is 40.4 Å². The third-order valence-electron chi connectivity index (χ3n) is 4.78. The van der Waals surface area contributed by atoms with Gasteiger partial charge in [0.15, 0.2) is 0 Å². The summed E-state index contributed by atoms with van der Waals surface area (Å²) in [5.74, 6) is -1.11. The highest BCUT2D eigenvalue weighted by atomic mass is 16.6. The number of hydrogen-bond acceptors (Lipinski definition) is 8. The molecule has 0 saturated carbocycles. The summed E-state index contributed by atoms with van der Waals surface area (Å²) in [6, 6.07) is 6.25. The van der Waals surface area contributed by atoms with E-state index in [-0.39, 0.29) is 5.69 Å². The van der Waals surface area contributed by atoms with Gasteiger partial charge in [-0.3, -0.25) is 25.4 Å². The fourth-order valence-corrected chi connectivity index (χ4v) is 3.39. The van der Waals surface area contributed by atoms with Gasteiger partial charge in [0.05, 0.1) is 24.2 Å². The lowest BCUT2D eigenvalue weighted by Crippen LogP contribution is -2.28. The summed E-state index contributed by atoms with van der Waals surface area (Å²) in [6.07, 6.45) is 0. The number of non-ortho nitro benzene ring substituents is 1. The van der Waals surface area contributed by atoms with Gasteiger partial charge in [0.25, 0.3) is 5.69 Å². The number of hydrogen-bond donors (Lipinski definition) is 1. The Morgan fingerprint density at radius 2 is 2.03 bits per heavy atom. The second kappa shape index (κ2) is 10.1. The molecule has 1 aromatic carbocycles. The van der Waals surface area contributed by atoms with Crippen LogP contribution in [0.25, 0.3) is 0 Å². The molecule has 162 valence electrons. The quantitative estimate of drug-likeness (QED) is 0.300. The van der Waals surface area contributed by atoms with Crippen LogP contribution in [0.4, 0.5) is 5.69 Å². The molecular weight excluding hydrogens is 388 g/mol. The van der Waals surface area contributed by atoms with E-state index in [1.807, 2.05) is 32.8 Å². The fourth-order valence-electron chi connectivity index (χ4n) is 3.39. The number of nitro groups is 1. The van der Waals surface area contributed by atoms with E-state index in [1.165, 1.54) is 19.2 Å². The first-order valence-electron chi connectivity index (χ1n) is 9.49. The molecule has 1 unspecified atom stereocenters.